The first-order chi connectivity index (χ1) is 6.22. The van der Waals surface area contributed by atoms with Gasteiger partial charge in [0.2, 0.25) is 0 Å². The molecular weight excluding hydrogens is 226 g/mol. The number of fused-ring (bicyclic) bond motifs is 1. The summed E-state index contributed by atoms with van der Waals surface area (Å²) in [6.07, 6.45) is 1.10. The van der Waals surface area contributed by atoms with Crippen molar-refractivity contribution in [3.05, 3.63) is 34.4 Å². The van der Waals surface area contributed by atoms with Crippen LogP contribution in [0.4, 0.5) is 0 Å². The van der Waals surface area contributed by atoms with Gasteiger partial charge in [-0.1, -0.05) is 13.0 Å². The second-order valence-corrected chi connectivity index (χ2v) is 4.09. The van der Waals surface area contributed by atoms with Gasteiger partial charge in [0.15, 0.2) is 0 Å². The lowest BCUT2D eigenvalue weighted by Gasteiger charge is -1.99. The molecule has 0 aliphatic rings. The van der Waals surface area contributed by atoms with E-state index >= 15 is 0 Å². The van der Waals surface area contributed by atoms with Crippen molar-refractivity contribution in [2.75, 3.05) is 0 Å². The number of aryl methyl sites for hydroxylation is 2. The Morgan fingerprint density at radius 1 is 1.31 bits per heavy atom. The predicted molar refractivity (Wildman–Crippen MR) is 60.0 cm³/mol. The van der Waals surface area contributed by atoms with Gasteiger partial charge in [-0.3, -0.25) is 0 Å². The van der Waals surface area contributed by atoms with E-state index in [-0.39, 0.29) is 0 Å². The van der Waals surface area contributed by atoms with E-state index < -0.39 is 0 Å². The minimum atomic E-state index is 1.10. The van der Waals surface area contributed by atoms with Crippen molar-refractivity contribution in [1.82, 2.24) is 4.57 Å². The molecular formula is C11H12BrN. The van der Waals surface area contributed by atoms with E-state index in [9.17, 15) is 0 Å². The third-order valence-electron chi connectivity index (χ3n) is 2.46. The maximum atomic E-state index is 3.52. The van der Waals surface area contributed by atoms with Crippen LogP contribution < -0.4 is 0 Å². The van der Waals surface area contributed by atoms with Gasteiger partial charge in [0.05, 0.1) is 4.60 Å². The Kier molecular flexibility index (Phi) is 2.16. The normalized spacial score (nSPS) is 11.0. The molecule has 0 aliphatic carbocycles. The maximum absolute atomic E-state index is 3.52. The van der Waals surface area contributed by atoms with Gasteiger partial charge in [0, 0.05) is 18.0 Å². The highest BCUT2D eigenvalue weighted by atomic mass is 79.9. The third-order valence-corrected chi connectivity index (χ3v) is 3.22. The van der Waals surface area contributed by atoms with Gasteiger partial charge in [-0.2, -0.15) is 0 Å². The van der Waals surface area contributed by atoms with Gasteiger partial charge >= 0.3 is 0 Å². The standard InChI is InChI=1S/C11H12BrN/c1-3-8-4-5-10-9(6-8)7-11(12)13(10)2/h4-7H,3H2,1-2H3. The second-order valence-electron chi connectivity index (χ2n) is 3.27. The lowest BCUT2D eigenvalue weighted by molar-refractivity contribution is 0.940. The number of halogens is 1. The Morgan fingerprint density at radius 2 is 2.08 bits per heavy atom. The van der Waals surface area contributed by atoms with Crippen LogP contribution in [0.3, 0.4) is 0 Å². The van der Waals surface area contributed by atoms with E-state index in [0.29, 0.717) is 0 Å². The Labute approximate surface area is 86.5 Å². The molecule has 0 bridgehead atoms. The molecule has 0 aliphatic heterocycles. The van der Waals surface area contributed by atoms with Crippen molar-refractivity contribution in [1.29, 1.82) is 0 Å². The van der Waals surface area contributed by atoms with E-state index in [0.717, 1.165) is 11.0 Å². The third kappa shape index (κ3) is 1.39. The summed E-state index contributed by atoms with van der Waals surface area (Å²) in [5, 5.41) is 1.31. The average molecular weight is 238 g/mol. The minimum absolute atomic E-state index is 1.10. The molecule has 0 atom stereocenters. The van der Waals surface area contributed by atoms with Gasteiger partial charge in [-0.05, 0) is 46.1 Å². The molecule has 0 N–H and O–H groups in total. The SMILES string of the molecule is CCc1ccc2c(c1)cc(Br)n2C. The molecule has 1 heterocycles. The van der Waals surface area contributed by atoms with Crippen molar-refractivity contribution in [3.8, 4) is 0 Å². The number of nitrogens with zero attached hydrogens (tertiary/aromatic N) is 1. The largest absolute Gasteiger partial charge is 0.338 e. The molecule has 0 saturated heterocycles. The highest BCUT2D eigenvalue weighted by Gasteiger charge is 2.02. The van der Waals surface area contributed by atoms with Crippen molar-refractivity contribution in [3.63, 3.8) is 0 Å². The summed E-state index contributed by atoms with van der Waals surface area (Å²) in [6.45, 7) is 2.18. The van der Waals surface area contributed by atoms with E-state index in [2.05, 4.69) is 58.7 Å². The molecule has 2 heteroatoms. The molecule has 0 radical (unpaired) electrons. The average Bonchev–Trinajstić information content (AvgIpc) is 2.42. The summed E-state index contributed by atoms with van der Waals surface area (Å²) in [5.41, 5.74) is 2.68. The summed E-state index contributed by atoms with van der Waals surface area (Å²) >= 11 is 3.52. The molecule has 0 unspecified atom stereocenters. The molecule has 2 rings (SSSR count). The van der Waals surface area contributed by atoms with E-state index in [1.807, 2.05) is 0 Å². The van der Waals surface area contributed by atoms with Crippen molar-refractivity contribution >= 4 is 26.8 Å². The molecule has 1 aromatic heterocycles. The molecule has 68 valence electrons. The molecule has 0 spiro atoms. The molecule has 13 heavy (non-hydrogen) atoms. The Hall–Kier alpha value is -0.760. The highest BCUT2D eigenvalue weighted by molar-refractivity contribution is 9.10. The van der Waals surface area contributed by atoms with Crippen LogP contribution in [-0.2, 0) is 13.5 Å². The van der Waals surface area contributed by atoms with Crippen LogP contribution in [0.25, 0.3) is 10.9 Å². The highest BCUT2D eigenvalue weighted by Crippen LogP contribution is 2.23. The Morgan fingerprint density at radius 3 is 2.77 bits per heavy atom. The zero-order valence-electron chi connectivity index (χ0n) is 7.84. The molecule has 0 amide bonds. The summed E-state index contributed by atoms with van der Waals surface area (Å²) in [5.74, 6) is 0. The van der Waals surface area contributed by atoms with Gasteiger partial charge in [-0.15, -0.1) is 0 Å². The fraction of sp³-hybridized carbons (Fsp3) is 0.273. The van der Waals surface area contributed by atoms with Crippen molar-refractivity contribution < 1.29 is 0 Å². The van der Waals surface area contributed by atoms with Crippen LogP contribution >= 0.6 is 15.9 Å². The van der Waals surface area contributed by atoms with Gasteiger partial charge in [-0.25, -0.2) is 0 Å². The quantitative estimate of drug-likeness (QED) is 0.716. The minimum Gasteiger partial charge on any atom is -0.338 e. The number of hydrogen-bond acceptors (Lipinski definition) is 0. The van der Waals surface area contributed by atoms with Crippen LogP contribution in [0.5, 0.6) is 0 Å². The van der Waals surface area contributed by atoms with E-state index in [1.54, 1.807) is 0 Å². The monoisotopic (exact) mass is 237 g/mol. The fourth-order valence-electron chi connectivity index (χ4n) is 1.59. The zero-order valence-corrected chi connectivity index (χ0v) is 9.43. The van der Waals surface area contributed by atoms with E-state index in [1.165, 1.54) is 16.5 Å². The van der Waals surface area contributed by atoms with Crippen LogP contribution in [0.15, 0.2) is 28.9 Å². The topological polar surface area (TPSA) is 4.93 Å². The van der Waals surface area contributed by atoms with Gasteiger partial charge < -0.3 is 4.57 Å². The summed E-state index contributed by atoms with van der Waals surface area (Å²) in [6, 6.07) is 8.78. The first-order valence-electron chi connectivity index (χ1n) is 4.46. The van der Waals surface area contributed by atoms with Gasteiger partial charge in [0.25, 0.3) is 0 Å². The lowest BCUT2D eigenvalue weighted by atomic mass is 10.1. The number of aromatic nitrogens is 1. The number of rotatable bonds is 1. The first kappa shape index (κ1) is 8.82. The number of hydrogen-bond donors (Lipinski definition) is 0. The van der Waals surface area contributed by atoms with Crippen molar-refractivity contribution in [2.24, 2.45) is 7.05 Å². The fourth-order valence-corrected chi connectivity index (χ4v) is 2.02. The predicted octanol–water partition coefficient (Wildman–Crippen LogP) is 3.50. The number of benzene rings is 1. The molecule has 0 saturated carbocycles. The van der Waals surface area contributed by atoms with Crippen LogP contribution in [-0.4, -0.2) is 4.57 Å². The summed E-state index contributed by atoms with van der Waals surface area (Å²) < 4.78 is 3.28. The lowest BCUT2D eigenvalue weighted by Crippen LogP contribution is -1.86. The van der Waals surface area contributed by atoms with E-state index in [4.69, 9.17) is 0 Å². The molecule has 2 aromatic rings. The zero-order chi connectivity index (χ0) is 9.42. The second kappa shape index (κ2) is 3.18. The van der Waals surface area contributed by atoms with Crippen LogP contribution in [0.2, 0.25) is 0 Å². The Bertz CT molecular complexity index is 443. The Balaban J connectivity index is 2.73. The summed E-state index contributed by atoms with van der Waals surface area (Å²) in [4.78, 5) is 0. The summed E-state index contributed by atoms with van der Waals surface area (Å²) in [7, 11) is 2.07. The van der Waals surface area contributed by atoms with Crippen molar-refractivity contribution in [2.45, 2.75) is 13.3 Å². The van der Waals surface area contributed by atoms with Crippen LogP contribution in [0.1, 0.15) is 12.5 Å². The molecule has 1 nitrogen and oxygen atoms in total. The first-order valence-corrected chi connectivity index (χ1v) is 5.25. The molecule has 0 fully saturated rings. The van der Waals surface area contributed by atoms with Gasteiger partial charge in [0.1, 0.15) is 0 Å². The van der Waals surface area contributed by atoms with Crippen LogP contribution in [0, 0.1) is 0 Å². The smallest absolute Gasteiger partial charge is 0.0854 e. The maximum Gasteiger partial charge on any atom is 0.0854 e. The molecule has 1 aromatic carbocycles.